The predicted molar refractivity (Wildman–Crippen MR) is 87.8 cm³/mol. The van der Waals surface area contributed by atoms with Gasteiger partial charge in [-0.05, 0) is 41.2 Å². The summed E-state index contributed by atoms with van der Waals surface area (Å²) in [5.41, 5.74) is 7.03. The molecule has 1 amide bonds. The fraction of sp³-hybridized carbons (Fsp3) is 0.214. The number of carbonyl (C=O) groups is 1. The molecule has 0 spiro atoms. The van der Waals surface area contributed by atoms with Crippen LogP contribution in [0, 0.1) is 0 Å². The Morgan fingerprint density at radius 1 is 1.45 bits per heavy atom. The first-order valence-electron chi connectivity index (χ1n) is 6.10. The molecule has 6 heteroatoms. The number of nitrogen functional groups attached to an aromatic ring is 1. The van der Waals surface area contributed by atoms with Crippen LogP contribution in [0.1, 0.15) is 4.88 Å². The predicted octanol–water partition coefficient (Wildman–Crippen LogP) is 3.16. The lowest BCUT2D eigenvalue weighted by Crippen LogP contribution is -2.29. The third kappa shape index (κ3) is 4.33. The Balaban J connectivity index is 1.86. The molecule has 0 aliphatic heterocycles. The minimum atomic E-state index is -0.0685. The van der Waals surface area contributed by atoms with E-state index in [1.165, 1.54) is 4.88 Å². The van der Waals surface area contributed by atoms with Crippen LogP contribution in [0.4, 0.5) is 11.4 Å². The Morgan fingerprint density at radius 3 is 2.85 bits per heavy atom. The van der Waals surface area contributed by atoms with Crippen LogP contribution in [0.3, 0.4) is 0 Å². The van der Waals surface area contributed by atoms with Gasteiger partial charge < -0.3 is 11.1 Å². The van der Waals surface area contributed by atoms with Gasteiger partial charge in [-0.15, -0.1) is 11.3 Å². The summed E-state index contributed by atoms with van der Waals surface area (Å²) >= 11 is 5.09. The minimum absolute atomic E-state index is 0.0685. The molecule has 0 bridgehead atoms. The zero-order valence-electron chi connectivity index (χ0n) is 11.1. The molecule has 0 aliphatic rings. The number of likely N-dealkylation sites (N-methyl/N-ethyl adjacent to an activating group) is 1. The van der Waals surface area contributed by atoms with Crippen LogP contribution in [-0.4, -0.2) is 24.4 Å². The zero-order chi connectivity index (χ0) is 14.5. The van der Waals surface area contributed by atoms with Crippen molar-refractivity contribution in [3.63, 3.8) is 0 Å². The number of hydrogen-bond donors (Lipinski definition) is 2. The van der Waals surface area contributed by atoms with Gasteiger partial charge in [0.2, 0.25) is 5.91 Å². The summed E-state index contributed by atoms with van der Waals surface area (Å²) in [6.45, 7) is 1.07. The Bertz CT molecular complexity index is 600. The summed E-state index contributed by atoms with van der Waals surface area (Å²) in [7, 11) is 1.92. The molecular formula is C14H16BrN3OS. The van der Waals surface area contributed by atoms with Crippen LogP contribution in [0.25, 0.3) is 0 Å². The Labute approximate surface area is 130 Å². The molecule has 0 unspecified atom stereocenters. The molecule has 3 N–H and O–H groups in total. The van der Waals surface area contributed by atoms with E-state index in [4.69, 9.17) is 5.73 Å². The van der Waals surface area contributed by atoms with Gasteiger partial charge in [0.05, 0.1) is 17.9 Å². The number of nitrogens with two attached hydrogens (primary N) is 1. The van der Waals surface area contributed by atoms with Gasteiger partial charge in [-0.2, -0.15) is 0 Å². The average Bonchev–Trinajstić information content (AvgIpc) is 2.77. The molecule has 0 atom stereocenters. The lowest BCUT2D eigenvalue weighted by molar-refractivity contribution is -0.117. The number of benzene rings is 1. The van der Waals surface area contributed by atoms with Crippen molar-refractivity contribution in [3.8, 4) is 0 Å². The van der Waals surface area contributed by atoms with Crippen LogP contribution in [0.2, 0.25) is 0 Å². The second-order valence-electron chi connectivity index (χ2n) is 4.54. The standard InChI is InChI=1S/C14H16BrN3OS/c1-18(7-11-6-10(15)9-20-11)8-14(19)17-13-5-3-2-4-12(13)16/h2-6,9H,7-8,16H2,1H3,(H,17,19). The Kier molecular flexibility index (Phi) is 5.17. The highest BCUT2D eigenvalue weighted by molar-refractivity contribution is 9.10. The van der Waals surface area contributed by atoms with E-state index in [-0.39, 0.29) is 5.91 Å². The van der Waals surface area contributed by atoms with Gasteiger partial charge in [-0.25, -0.2) is 0 Å². The van der Waals surface area contributed by atoms with Crippen molar-refractivity contribution in [2.75, 3.05) is 24.6 Å². The number of nitrogens with one attached hydrogen (secondary N) is 1. The molecule has 0 radical (unpaired) electrons. The number of anilines is 2. The van der Waals surface area contributed by atoms with Crippen LogP contribution in [0.15, 0.2) is 40.2 Å². The van der Waals surface area contributed by atoms with Crippen molar-refractivity contribution in [1.82, 2.24) is 4.90 Å². The van der Waals surface area contributed by atoms with E-state index in [0.717, 1.165) is 11.0 Å². The quantitative estimate of drug-likeness (QED) is 0.811. The van der Waals surface area contributed by atoms with E-state index < -0.39 is 0 Å². The van der Waals surface area contributed by atoms with Gasteiger partial charge in [0.15, 0.2) is 0 Å². The fourth-order valence-electron chi connectivity index (χ4n) is 1.80. The molecule has 1 aromatic carbocycles. The molecule has 1 heterocycles. The first-order chi connectivity index (χ1) is 9.54. The second kappa shape index (κ2) is 6.88. The molecule has 0 saturated heterocycles. The monoisotopic (exact) mass is 353 g/mol. The minimum Gasteiger partial charge on any atom is -0.397 e. The summed E-state index contributed by atoms with van der Waals surface area (Å²) in [6, 6.07) is 9.31. The molecule has 20 heavy (non-hydrogen) atoms. The van der Waals surface area contributed by atoms with Crippen molar-refractivity contribution in [2.24, 2.45) is 0 Å². The molecule has 106 valence electrons. The van der Waals surface area contributed by atoms with Gasteiger partial charge in [-0.1, -0.05) is 12.1 Å². The van der Waals surface area contributed by atoms with Gasteiger partial charge in [0.25, 0.3) is 0 Å². The van der Waals surface area contributed by atoms with Crippen LogP contribution in [0.5, 0.6) is 0 Å². The number of amides is 1. The molecule has 0 saturated carbocycles. The maximum atomic E-state index is 12.0. The maximum Gasteiger partial charge on any atom is 0.238 e. The largest absolute Gasteiger partial charge is 0.397 e. The summed E-state index contributed by atoms with van der Waals surface area (Å²) < 4.78 is 1.08. The van der Waals surface area contributed by atoms with Crippen molar-refractivity contribution >= 4 is 44.5 Å². The third-order valence-electron chi connectivity index (χ3n) is 2.70. The number of halogens is 1. The fourth-order valence-corrected chi connectivity index (χ4v) is 3.33. The molecule has 4 nitrogen and oxygen atoms in total. The van der Waals surface area contributed by atoms with Crippen molar-refractivity contribution in [3.05, 3.63) is 45.1 Å². The molecule has 0 aliphatic carbocycles. The van der Waals surface area contributed by atoms with Crippen molar-refractivity contribution < 1.29 is 4.79 Å². The van der Waals surface area contributed by atoms with E-state index in [0.29, 0.717) is 17.9 Å². The van der Waals surface area contributed by atoms with Crippen LogP contribution < -0.4 is 11.1 Å². The Morgan fingerprint density at radius 2 is 2.20 bits per heavy atom. The number of para-hydroxylation sites is 2. The molecular weight excluding hydrogens is 338 g/mol. The Hall–Kier alpha value is -1.37. The summed E-state index contributed by atoms with van der Waals surface area (Å²) in [5, 5.41) is 4.86. The number of carbonyl (C=O) groups excluding carboxylic acids is 1. The smallest absolute Gasteiger partial charge is 0.238 e. The SMILES string of the molecule is CN(CC(=O)Nc1ccccc1N)Cc1cc(Br)cs1. The highest BCUT2D eigenvalue weighted by Crippen LogP contribution is 2.21. The third-order valence-corrected chi connectivity index (χ3v) is 4.38. The summed E-state index contributed by atoms with van der Waals surface area (Å²) in [5.74, 6) is -0.0685. The molecule has 0 fully saturated rings. The lowest BCUT2D eigenvalue weighted by Gasteiger charge is -2.15. The van der Waals surface area contributed by atoms with E-state index in [2.05, 4.69) is 27.3 Å². The second-order valence-corrected chi connectivity index (χ2v) is 6.45. The van der Waals surface area contributed by atoms with E-state index >= 15 is 0 Å². The van der Waals surface area contributed by atoms with Gasteiger partial charge >= 0.3 is 0 Å². The van der Waals surface area contributed by atoms with E-state index in [9.17, 15) is 4.79 Å². The van der Waals surface area contributed by atoms with Crippen molar-refractivity contribution in [1.29, 1.82) is 0 Å². The van der Waals surface area contributed by atoms with Gasteiger partial charge in [0.1, 0.15) is 0 Å². The van der Waals surface area contributed by atoms with Crippen molar-refractivity contribution in [2.45, 2.75) is 6.54 Å². The normalized spacial score (nSPS) is 10.8. The van der Waals surface area contributed by atoms with Crippen LogP contribution >= 0.6 is 27.3 Å². The number of hydrogen-bond acceptors (Lipinski definition) is 4. The number of nitrogens with zero attached hydrogens (tertiary/aromatic N) is 1. The van der Waals surface area contributed by atoms with Crippen LogP contribution in [-0.2, 0) is 11.3 Å². The summed E-state index contributed by atoms with van der Waals surface area (Å²) in [4.78, 5) is 15.1. The lowest BCUT2D eigenvalue weighted by atomic mass is 10.2. The first-order valence-corrected chi connectivity index (χ1v) is 7.77. The maximum absolute atomic E-state index is 12.0. The van der Waals surface area contributed by atoms with Gasteiger partial charge in [0, 0.05) is 21.3 Å². The number of thiophene rings is 1. The summed E-state index contributed by atoms with van der Waals surface area (Å²) in [6.07, 6.45) is 0. The highest BCUT2D eigenvalue weighted by atomic mass is 79.9. The van der Waals surface area contributed by atoms with E-state index in [1.54, 1.807) is 23.5 Å². The topological polar surface area (TPSA) is 58.4 Å². The first kappa shape index (κ1) is 15.0. The highest BCUT2D eigenvalue weighted by Gasteiger charge is 2.09. The zero-order valence-corrected chi connectivity index (χ0v) is 13.5. The molecule has 1 aromatic heterocycles. The van der Waals surface area contributed by atoms with Gasteiger partial charge in [-0.3, -0.25) is 9.69 Å². The average molecular weight is 354 g/mol. The number of rotatable bonds is 5. The molecule has 2 aromatic rings. The van der Waals surface area contributed by atoms with E-state index in [1.807, 2.05) is 29.5 Å². The molecule has 2 rings (SSSR count).